The number of amides is 3. The summed E-state index contributed by atoms with van der Waals surface area (Å²) in [6.07, 6.45) is 0.152. The van der Waals surface area contributed by atoms with E-state index in [1.54, 1.807) is 50.2 Å². The Morgan fingerprint density at radius 2 is 1.30 bits per heavy atom. The molecule has 4 unspecified atom stereocenters. The van der Waals surface area contributed by atoms with Gasteiger partial charge in [-0.25, -0.2) is 4.79 Å². The van der Waals surface area contributed by atoms with Crippen LogP contribution < -0.4 is 21.7 Å². The Bertz CT molecular complexity index is 1060. The minimum absolute atomic E-state index is 0.0450. The van der Waals surface area contributed by atoms with Crippen molar-refractivity contribution in [1.82, 2.24) is 16.0 Å². The number of nitrogens with one attached hydrogen (secondary N) is 3. The Morgan fingerprint density at radius 3 is 1.78 bits per heavy atom. The lowest BCUT2D eigenvalue weighted by molar-refractivity contribution is -0.143. The molecule has 0 spiro atoms. The molecular weight excluding hydrogens is 496 g/mol. The molecule has 37 heavy (non-hydrogen) atoms. The molecule has 0 saturated heterocycles. The highest BCUT2D eigenvalue weighted by Crippen LogP contribution is 2.13. The zero-order valence-corrected chi connectivity index (χ0v) is 21.7. The molecule has 0 saturated carbocycles. The number of hydrogen-bond donors (Lipinski definition) is 7. The van der Waals surface area contributed by atoms with Gasteiger partial charge in [-0.3, -0.25) is 14.4 Å². The highest BCUT2D eigenvalue weighted by Gasteiger charge is 2.31. The predicted octanol–water partition coefficient (Wildman–Crippen LogP) is 0.630. The number of carboxylic acids is 1. The first-order valence-corrected chi connectivity index (χ1v) is 12.5. The third-order valence-corrected chi connectivity index (χ3v) is 6.08. The molecule has 0 heterocycles. The quantitative estimate of drug-likeness (QED) is 0.186. The van der Waals surface area contributed by atoms with Crippen molar-refractivity contribution in [1.29, 1.82) is 0 Å². The van der Waals surface area contributed by atoms with E-state index in [-0.39, 0.29) is 24.3 Å². The van der Waals surface area contributed by atoms with Crippen molar-refractivity contribution in [3.8, 4) is 5.75 Å². The standard InChI is InChI=1S/C26H34N4O6S/c1-15(2)22(26(35)36)30-25(34)21(12-16-6-4-3-5-7-16)29-24(33)20(28-23(32)19(27)14-37)13-17-8-10-18(31)11-9-17/h3-11,15,19-22,31,37H,12-14,27H2,1-2H3,(H,28,32)(H,29,33)(H,30,34)(H,35,36). The molecule has 0 bridgehead atoms. The minimum Gasteiger partial charge on any atom is -0.508 e. The van der Waals surface area contributed by atoms with E-state index in [4.69, 9.17) is 5.73 Å². The van der Waals surface area contributed by atoms with Gasteiger partial charge in [0.1, 0.15) is 23.9 Å². The number of aliphatic carboxylic acids is 1. The van der Waals surface area contributed by atoms with Gasteiger partial charge in [-0.15, -0.1) is 0 Å². The molecule has 7 N–H and O–H groups in total. The minimum atomic E-state index is -1.19. The summed E-state index contributed by atoms with van der Waals surface area (Å²) in [5, 5.41) is 26.9. The van der Waals surface area contributed by atoms with Crippen molar-refractivity contribution in [2.45, 2.75) is 50.9 Å². The van der Waals surface area contributed by atoms with E-state index in [1.807, 2.05) is 6.07 Å². The molecule has 0 aliphatic rings. The van der Waals surface area contributed by atoms with Crippen LogP contribution in [0.2, 0.25) is 0 Å². The van der Waals surface area contributed by atoms with Crippen molar-refractivity contribution < 1.29 is 29.4 Å². The summed E-state index contributed by atoms with van der Waals surface area (Å²) in [7, 11) is 0. The number of phenolic OH excluding ortho intramolecular Hbond substituents is 1. The number of benzene rings is 2. The van der Waals surface area contributed by atoms with Gasteiger partial charge >= 0.3 is 5.97 Å². The lowest BCUT2D eigenvalue weighted by Crippen LogP contribution is -2.58. The Kier molecular flexibility index (Phi) is 11.4. The predicted molar refractivity (Wildman–Crippen MR) is 142 cm³/mol. The van der Waals surface area contributed by atoms with Crippen molar-refractivity contribution in [2.75, 3.05) is 5.75 Å². The number of carbonyl (C=O) groups is 4. The molecule has 0 fully saturated rings. The van der Waals surface area contributed by atoms with Gasteiger partial charge in [0.2, 0.25) is 17.7 Å². The highest BCUT2D eigenvalue weighted by atomic mass is 32.1. The summed E-state index contributed by atoms with van der Waals surface area (Å²) in [6, 6.07) is 10.7. The molecule has 3 amide bonds. The van der Waals surface area contributed by atoms with Crippen molar-refractivity contribution >= 4 is 36.3 Å². The number of aromatic hydroxyl groups is 1. The van der Waals surface area contributed by atoms with Crippen molar-refractivity contribution in [3.63, 3.8) is 0 Å². The second-order valence-corrected chi connectivity index (χ2v) is 9.41. The lowest BCUT2D eigenvalue weighted by Gasteiger charge is -2.26. The fraction of sp³-hybridized carbons (Fsp3) is 0.385. The second-order valence-electron chi connectivity index (χ2n) is 9.04. The maximum atomic E-state index is 13.4. The zero-order chi connectivity index (χ0) is 27.5. The Labute approximate surface area is 221 Å². The molecule has 200 valence electrons. The van der Waals surface area contributed by atoms with Gasteiger partial charge in [0.25, 0.3) is 0 Å². The Balaban J connectivity index is 2.31. The van der Waals surface area contributed by atoms with Crippen LogP contribution in [-0.4, -0.2) is 63.8 Å². The molecule has 2 aromatic rings. The first-order chi connectivity index (χ1) is 17.5. The number of rotatable bonds is 13. The summed E-state index contributed by atoms with van der Waals surface area (Å²) in [5.41, 5.74) is 7.16. The smallest absolute Gasteiger partial charge is 0.326 e. The van der Waals surface area contributed by atoms with Crippen molar-refractivity contribution in [2.24, 2.45) is 11.7 Å². The molecule has 0 radical (unpaired) electrons. The molecule has 0 aromatic heterocycles. The normalized spacial score (nSPS) is 14.2. The number of carboxylic acid groups (broad SMARTS) is 1. The largest absolute Gasteiger partial charge is 0.508 e. The number of hydrogen-bond acceptors (Lipinski definition) is 7. The zero-order valence-electron chi connectivity index (χ0n) is 20.8. The summed E-state index contributed by atoms with van der Waals surface area (Å²) in [4.78, 5) is 50.7. The first-order valence-electron chi connectivity index (χ1n) is 11.8. The van der Waals surface area contributed by atoms with Gasteiger partial charge in [0.05, 0.1) is 6.04 Å². The van der Waals surface area contributed by atoms with Gasteiger partial charge in [0.15, 0.2) is 0 Å². The average molecular weight is 531 g/mol. The van der Waals surface area contributed by atoms with Gasteiger partial charge in [-0.2, -0.15) is 12.6 Å². The van der Waals surface area contributed by atoms with E-state index >= 15 is 0 Å². The van der Waals surface area contributed by atoms with Crippen LogP contribution in [0.3, 0.4) is 0 Å². The van der Waals surface area contributed by atoms with Crippen molar-refractivity contribution in [3.05, 3.63) is 65.7 Å². The van der Waals surface area contributed by atoms with E-state index < -0.39 is 53.8 Å². The maximum Gasteiger partial charge on any atom is 0.326 e. The molecule has 0 aliphatic heterocycles. The Hall–Kier alpha value is -3.57. The fourth-order valence-electron chi connectivity index (χ4n) is 3.54. The van der Waals surface area contributed by atoms with E-state index in [0.717, 1.165) is 5.56 Å². The van der Waals surface area contributed by atoms with Gasteiger partial charge in [-0.1, -0.05) is 56.3 Å². The molecule has 4 atom stereocenters. The number of thiol groups is 1. The van der Waals surface area contributed by atoms with Crippen LogP contribution in [0, 0.1) is 5.92 Å². The van der Waals surface area contributed by atoms with Crippen LogP contribution in [-0.2, 0) is 32.0 Å². The lowest BCUT2D eigenvalue weighted by atomic mass is 10.0. The summed E-state index contributed by atoms with van der Waals surface area (Å²) < 4.78 is 0. The van der Waals surface area contributed by atoms with E-state index in [9.17, 15) is 29.4 Å². The van der Waals surface area contributed by atoms with Crippen LogP contribution in [0.1, 0.15) is 25.0 Å². The fourth-order valence-corrected chi connectivity index (χ4v) is 3.70. The summed E-state index contributed by atoms with van der Waals surface area (Å²) in [5.74, 6) is -3.39. The highest BCUT2D eigenvalue weighted by molar-refractivity contribution is 7.80. The molecule has 2 rings (SSSR count). The van der Waals surface area contributed by atoms with Crippen LogP contribution in [0.25, 0.3) is 0 Å². The first kappa shape index (κ1) is 29.7. The van der Waals surface area contributed by atoms with E-state index in [1.165, 1.54) is 12.1 Å². The summed E-state index contributed by atoms with van der Waals surface area (Å²) >= 11 is 4.03. The van der Waals surface area contributed by atoms with E-state index in [0.29, 0.717) is 5.56 Å². The topological polar surface area (TPSA) is 171 Å². The third kappa shape index (κ3) is 9.43. The molecule has 10 nitrogen and oxygen atoms in total. The van der Waals surface area contributed by atoms with Crippen LogP contribution in [0.15, 0.2) is 54.6 Å². The summed E-state index contributed by atoms with van der Waals surface area (Å²) in [6.45, 7) is 3.33. The Morgan fingerprint density at radius 1 is 0.811 bits per heavy atom. The monoisotopic (exact) mass is 530 g/mol. The number of phenols is 1. The SMILES string of the molecule is CC(C)C(NC(=O)C(Cc1ccccc1)NC(=O)C(Cc1ccc(O)cc1)NC(=O)C(N)CS)C(=O)O. The van der Waals surface area contributed by atoms with Gasteiger partial charge < -0.3 is 31.9 Å². The molecular formula is C26H34N4O6S. The second kappa shape index (κ2) is 14.2. The van der Waals surface area contributed by atoms with Gasteiger partial charge in [0, 0.05) is 18.6 Å². The number of carbonyl (C=O) groups excluding carboxylic acids is 3. The maximum absolute atomic E-state index is 13.4. The van der Waals surface area contributed by atoms with Crippen LogP contribution in [0.5, 0.6) is 5.75 Å². The van der Waals surface area contributed by atoms with Gasteiger partial charge in [-0.05, 0) is 29.2 Å². The molecule has 0 aliphatic carbocycles. The molecule has 2 aromatic carbocycles. The van der Waals surface area contributed by atoms with E-state index in [2.05, 4.69) is 28.6 Å². The third-order valence-electron chi connectivity index (χ3n) is 5.69. The number of nitrogens with two attached hydrogens (primary N) is 1. The molecule has 11 heteroatoms. The van der Waals surface area contributed by atoms with Crippen LogP contribution >= 0.6 is 12.6 Å². The average Bonchev–Trinajstić information content (AvgIpc) is 2.87. The van der Waals surface area contributed by atoms with Crippen LogP contribution in [0.4, 0.5) is 0 Å².